The van der Waals surface area contributed by atoms with Crippen molar-refractivity contribution in [2.45, 2.75) is 12.6 Å². The molecule has 0 amide bonds. The number of hydrogen-bond donors (Lipinski definition) is 0. The average Bonchev–Trinajstić information content (AvgIpc) is 2.02. The standard InChI is InChI=1S/C9H7F4/c1-2-6-4-3-5-7(8(6)10)9(11,12)13/h3-5H,1-2H2. The highest BCUT2D eigenvalue weighted by Gasteiger charge is 2.34. The van der Waals surface area contributed by atoms with Gasteiger partial charge in [-0.05, 0) is 25.0 Å². The van der Waals surface area contributed by atoms with Crippen LogP contribution in [-0.4, -0.2) is 0 Å². The van der Waals surface area contributed by atoms with Gasteiger partial charge in [0.2, 0.25) is 0 Å². The summed E-state index contributed by atoms with van der Waals surface area (Å²) < 4.78 is 49.3. The molecule has 0 heterocycles. The quantitative estimate of drug-likeness (QED) is 0.598. The average molecular weight is 191 g/mol. The number of benzene rings is 1. The fourth-order valence-corrected chi connectivity index (χ4v) is 0.992. The Balaban J connectivity index is 3.24. The van der Waals surface area contributed by atoms with Crippen molar-refractivity contribution in [1.82, 2.24) is 0 Å². The van der Waals surface area contributed by atoms with Crippen LogP contribution < -0.4 is 0 Å². The Hall–Kier alpha value is -1.06. The van der Waals surface area contributed by atoms with Crippen molar-refractivity contribution in [2.75, 3.05) is 0 Å². The molecule has 0 aliphatic carbocycles. The molecule has 0 nitrogen and oxygen atoms in total. The highest BCUT2D eigenvalue weighted by Crippen LogP contribution is 2.32. The van der Waals surface area contributed by atoms with Gasteiger partial charge in [0, 0.05) is 0 Å². The van der Waals surface area contributed by atoms with Gasteiger partial charge in [-0.2, -0.15) is 13.2 Å². The normalized spacial score (nSPS) is 11.8. The fourth-order valence-electron chi connectivity index (χ4n) is 0.992. The number of alkyl halides is 3. The first-order valence-corrected chi connectivity index (χ1v) is 3.60. The molecule has 0 saturated heterocycles. The third-order valence-corrected chi connectivity index (χ3v) is 1.65. The molecule has 0 unspecified atom stereocenters. The second-order valence-electron chi connectivity index (χ2n) is 2.53. The van der Waals surface area contributed by atoms with Crippen LogP contribution in [0, 0.1) is 12.7 Å². The summed E-state index contributed by atoms with van der Waals surface area (Å²) in [5.41, 5.74) is -1.25. The molecule has 13 heavy (non-hydrogen) atoms. The van der Waals surface area contributed by atoms with Crippen molar-refractivity contribution in [3.63, 3.8) is 0 Å². The van der Waals surface area contributed by atoms with Gasteiger partial charge in [0.25, 0.3) is 0 Å². The van der Waals surface area contributed by atoms with Gasteiger partial charge in [0.15, 0.2) is 0 Å². The number of hydrogen-bond acceptors (Lipinski definition) is 0. The molecular formula is C9H7F4. The highest BCUT2D eigenvalue weighted by molar-refractivity contribution is 5.28. The Morgan fingerprint density at radius 3 is 2.31 bits per heavy atom. The second kappa shape index (κ2) is 3.36. The first-order chi connectivity index (χ1) is 5.96. The van der Waals surface area contributed by atoms with Crippen LogP contribution in [0.15, 0.2) is 18.2 Å². The Bertz CT molecular complexity index is 301. The number of rotatable bonds is 1. The van der Waals surface area contributed by atoms with E-state index < -0.39 is 17.6 Å². The maximum Gasteiger partial charge on any atom is 0.419 e. The van der Waals surface area contributed by atoms with E-state index in [0.29, 0.717) is 6.07 Å². The van der Waals surface area contributed by atoms with E-state index in [1.54, 1.807) is 0 Å². The van der Waals surface area contributed by atoms with Crippen LogP contribution >= 0.6 is 0 Å². The smallest absolute Gasteiger partial charge is 0.206 e. The van der Waals surface area contributed by atoms with Crippen molar-refractivity contribution >= 4 is 0 Å². The van der Waals surface area contributed by atoms with E-state index in [0.717, 1.165) is 0 Å². The molecule has 0 saturated carbocycles. The Morgan fingerprint density at radius 1 is 1.23 bits per heavy atom. The lowest BCUT2D eigenvalue weighted by molar-refractivity contribution is -0.140. The van der Waals surface area contributed by atoms with Crippen molar-refractivity contribution < 1.29 is 17.6 Å². The molecule has 1 radical (unpaired) electrons. The molecule has 0 bridgehead atoms. The Labute approximate surface area is 73.2 Å². The Kier molecular flexibility index (Phi) is 2.59. The lowest BCUT2D eigenvalue weighted by Crippen LogP contribution is -2.09. The van der Waals surface area contributed by atoms with Crippen LogP contribution in [0.25, 0.3) is 0 Å². The van der Waals surface area contributed by atoms with E-state index in [1.165, 1.54) is 12.1 Å². The summed E-state index contributed by atoms with van der Waals surface area (Å²) >= 11 is 0. The second-order valence-corrected chi connectivity index (χ2v) is 2.53. The van der Waals surface area contributed by atoms with Gasteiger partial charge in [-0.1, -0.05) is 12.1 Å². The largest absolute Gasteiger partial charge is 0.419 e. The maximum atomic E-state index is 13.0. The monoisotopic (exact) mass is 191 g/mol. The zero-order chi connectivity index (χ0) is 10.1. The maximum absolute atomic E-state index is 13.0. The zero-order valence-electron chi connectivity index (χ0n) is 6.66. The summed E-state index contributed by atoms with van der Waals surface area (Å²) in [4.78, 5) is 0. The molecule has 71 valence electrons. The fraction of sp³-hybridized carbons (Fsp3) is 0.222. The zero-order valence-corrected chi connectivity index (χ0v) is 6.66. The lowest BCUT2D eigenvalue weighted by Gasteiger charge is -2.09. The minimum absolute atomic E-state index is 0.00968. The van der Waals surface area contributed by atoms with E-state index in [4.69, 9.17) is 0 Å². The van der Waals surface area contributed by atoms with Crippen LogP contribution in [0.4, 0.5) is 17.6 Å². The van der Waals surface area contributed by atoms with Crippen molar-refractivity contribution in [3.05, 3.63) is 42.1 Å². The predicted molar refractivity (Wildman–Crippen MR) is 40.5 cm³/mol. The van der Waals surface area contributed by atoms with Crippen molar-refractivity contribution in [1.29, 1.82) is 0 Å². The van der Waals surface area contributed by atoms with Crippen LogP contribution in [-0.2, 0) is 12.6 Å². The molecule has 0 aliphatic heterocycles. The summed E-state index contributed by atoms with van der Waals surface area (Å²) in [6, 6.07) is 3.18. The van der Waals surface area contributed by atoms with Gasteiger partial charge in [-0.25, -0.2) is 4.39 Å². The first kappa shape index (κ1) is 10.0. The van der Waals surface area contributed by atoms with Crippen molar-refractivity contribution in [3.8, 4) is 0 Å². The van der Waals surface area contributed by atoms with Gasteiger partial charge in [0.1, 0.15) is 5.82 Å². The van der Waals surface area contributed by atoms with E-state index in [1.807, 2.05) is 0 Å². The van der Waals surface area contributed by atoms with Gasteiger partial charge in [-0.15, -0.1) is 0 Å². The number of halogens is 4. The minimum atomic E-state index is -4.63. The molecule has 1 aromatic carbocycles. The highest BCUT2D eigenvalue weighted by atomic mass is 19.4. The first-order valence-electron chi connectivity index (χ1n) is 3.60. The minimum Gasteiger partial charge on any atom is -0.206 e. The molecule has 0 aromatic heterocycles. The topological polar surface area (TPSA) is 0 Å². The third kappa shape index (κ3) is 1.99. The van der Waals surface area contributed by atoms with E-state index in [-0.39, 0.29) is 12.0 Å². The van der Waals surface area contributed by atoms with E-state index in [9.17, 15) is 17.6 Å². The SMILES string of the molecule is [CH2]Cc1cccc(C(F)(F)F)c1F. The van der Waals surface area contributed by atoms with E-state index in [2.05, 4.69) is 6.92 Å². The molecule has 0 aliphatic rings. The summed E-state index contributed by atoms with van der Waals surface area (Å²) in [6.45, 7) is 3.33. The van der Waals surface area contributed by atoms with Crippen LogP contribution in [0.1, 0.15) is 11.1 Å². The lowest BCUT2D eigenvalue weighted by atomic mass is 10.1. The van der Waals surface area contributed by atoms with Gasteiger partial charge >= 0.3 is 6.18 Å². The summed E-state index contributed by atoms with van der Waals surface area (Å²) in [5, 5.41) is 0. The van der Waals surface area contributed by atoms with Crippen LogP contribution in [0.5, 0.6) is 0 Å². The molecule has 1 aromatic rings. The van der Waals surface area contributed by atoms with Crippen LogP contribution in [0.2, 0.25) is 0 Å². The molecule has 4 heteroatoms. The molecule has 0 atom stereocenters. The molecule has 0 spiro atoms. The summed E-state index contributed by atoms with van der Waals surface area (Å²) in [5.74, 6) is -1.22. The predicted octanol–water partition coefficient (Wildman–Crippen LogP) is 3.22. The van der Waals surface area contributed by atoms with Gasteiger partial charge in [0.05, 0.1) is 5.56 Å². The van der Waals surface area contributed by atoms with Gasteiger partial charge in [-0.3, -0.25) is 0 Å². The molecule has 0 N–H and O–H groups in total. The Morgan fingerprint density at radius 2 is 1.85 bits per heavy atom. The van der Waals surface area contributed by atoms with Gasteiger partial charge < -0.3 is 0 Å². The van der Waals surface area contributed by atoms with E-state index >= 15 is 0 Å². The molecule has 1 rings (SSSR count). The van der Waals surface area contributed by atoms with Crippen molar-refractivity contribution in [2.24, 2.45) is 0 Å². The summed E-state index contributed by atoms with van der Waals surface area (Å²) in [6.07, 6.45) is -4.62. The van der Waals surface area contributed by atoms with Crippen LogP contribution in [0.3, 0.4) is 0 Å². The molecule has 0 fully saturated rings. The molecular weight excluding hydrogens is 184 g/mol. The summed E-state index contributed by atoms with van der Waals surface area (Å²) in [7, 11) is 0. The third-order valence-electron chi connectivity index (χ3n) is 1.65.